The van der Waals surface area contributed by atoms with E-state index in [2.05, 4.69) is 12.1 Å². The van der Waals surface area contributed by atoms with E-state index >= 15 is 0 Å². The molecule has 0 aliphatic rings. The Labute approximate surface area is 128 Å². The van der Waals surface area contributed by atoms with Crippen molar-refractivity contribution in [3.05, 3.63) is 35.9 Å². The van der Waals surface area contributed by atoms with E-state index in [0.29, 0.717) is 13.0 Å². The number of nitrogens with two attached hydrogens (primary N) is 1. The lowest BCUT2D eigenvalue weighted by Gasteiger charge is -2.04. The van der Waals surface area contributed by atoms with Crippen LogP contribution in [-0.2, 0) is 21.4 Å². The predicted molar refractivity (Wildman–Crippen MR) is 86.4 cm³/mol. The third-order valence-corrected chi connectivity index (χ3v) is 4.19. The molecule has 0 amide bonds. The average Bonchev–Trinajstić information content (AvgIpc) is 2.44. The van der Waals surface area contributed by atoms with Crippen LogP contribution in [0.1, 0.15) is 50.5 Å². The largest absolute Gasteiger partial charge is 0.377 e. The van der Waals surface area contributed by atoms with Crippen LogP contribution in [0.3, 0.4) is 0 Å². The molecule has 21 heavy (non-hydrogen) atoms. The third kappa shape index (κ3) is 11.4. The molecule has 0 unspecified atom stereocenters. The molecule has 0 aromatic heterocycles. The van der Waals surface area contributed by atoms with Gasteiger partial charge in [-0.05, 0) is 18.4 Å². The summed E-state index contributed by atoms with van der Waals surface area (Å²) in [6, 6.07) is 10.2. The molecule has 120 valence electrons. The lowest BCUT2D eigenvalue weighted by atomic mass is 10.1. The summed E-state index contributed by atoms with van der Waals surface area (Å²) in [6.45, 7) is 1.49. The molecule has 5 heteroatoms. The molecular formula is C16H27NO3S. The van der Waals surface area contributed by atoms with Crippen molar-refractivity contribution in [1.29, 1.82) is 0 Å². The van der Waals surface area contributed by atoms with Gasteiger partial charge in [0.25, 0.3) is 0 Å². The Balaban J connectivity index is 1.83. The minimum Gasteiger partial charge on any atom is -0.377 e. The monoisotopic (exact) mass is 313 g/mol. The van der Waals surface area contributed by atoms with Crippen LogP contribution in [0.15, 0.2) is 30.3 Å². The van der Waals surface area contributed by atoms with Crippen molar-refractivity contribution in [1.82, 2.24) is 0 Å². The standard InChI is InChI=1S/C16H27NO3S/c17-21(18,19)14-10-5-3-1-2-4-9-13-20-15-16-11-7-6-8-12-16/h6-8,11-12H,1-5,9-10,13-15H2,(H2,17,18,19). The molecule has 0 aliphatic heterocycles. The molecule has 0 fully saturated rings. The summed E-state index contributed by atoms with van der Waals surface area (Å²) >= 11 is 0. The highest BCUT2D eigenvalue weighted by atomic mass is 32.2. The Hall–Kier alpha value is -0.910. The van der Waals surface area contributed by atoms with Gasteiger partial charge in [-0.15, -0.1) is 0 Å². The van der Waals surface area contributed by atoms with Gasteiger partial charge in [0, 0.05) is 6.61 Å². The summed E-state index contributed by atoms with van der Waals surface area (Å²) in [4.78, 5) is 0. The molecule has 0 heterocycles. The normalized spacial score (nSPS) is 11.7. The van der Waals surface area contributed by atoms with Crippen LogP contribution < -0.4 is 5.14 Å². The molecule has 1 aromatic carbocycles. The number of primary sulfonamides is 1. The fraction of sp³-hybridized carbons (Fsp3) is 0.625. The lowest BCUT2D eigenvalue weighted by molar-refractivity contribution is 0.116. The second kappa shape index (κ2) is 10.8. The molecule has 0 saturated heterocycles. The van der Waals surface area contributed by atoms with Gasteiger partial charge in [-0.1, -0.05) is 62.4 Å². The van der Waals surface area contributed by atoms with E-state index in [0.717, 1.165) is 32.3 Å². The highest BCUT2D eigenvalue weighted by molar-refractivity contribution is 7.89. The van der Waals surface area contributed by atoms with E-state index in [1.165, 1.54) is 18.4 Å². The van der Waals surface area contributed by atoms with Crippen LogP contribution in [0.4, 0.5) is 0 Å². The molecule has 0 spiro atoms. The van der Waals surface area contributed by atoms with E-state index in [1.54, 1.807) is 0 Å². The first-order valence-electron chi connectivity index (χ1n) is 7.70. The minimum atomic E-state index is -3.27. The van der Waals surface area contributed by atoms with E-state index in [9.17, 15) is 8.42 Å². The zero-order valence-corrected chi connectivity index (χ0v) is 13.5. The fourth-order valence-corrected chi connectivity index (χ4v) is 2.76. The Morgan fingerprint density at radius 3 is 2.05 bits per heavy atom. The Bertz CT molecular complexity index is 460. The van der Waals surface area contributed by atoms with Gasteiger partial charge in [0.15, 0.2) is 0 Å². The number of benzene rings is 1. The molecule has 4 nitrogen and oxygen atoms in total. The molecule has 1 rings (SSSR count). The minimum absolute atomic E-state index is 0.111. The quantitative estimate of drug-likeness (QED) is 0.602. The number of sulfonamides is 1. The van der Waals surface area contributed by atoms with Gasteiger partial charge >= 0.3 is 0 Å². The van der Waals surface area contributed by atoms with Crippen LogP contribution in [0.2, 0.25) is 0 Å². The van der Waals surface area contributed by atoms with Gasteiger partial charge < -0.3 is 4.74 Å². The molecular weight excluding hydrogens is 286 g/mol. The van der Waals surface area contributed by atoms with Gasteiger partial charge in [-0.25, -0.2) is 13.6 Å². The van der Waals surface area contributed by atoms with E-state index < -0.39 is 10.0 Å². The Morgan fingerprint density at radius 2 is 1.43 bits per heavy atom. The first-order valence-corrected chi connectivity index (χ1v) is 9.41. The van der Waals surface area contributed by atoms with Crippen molar-refractivity contribution in [3.8, 4) is 0 Å². The number of hydrogen-bond donors (Lipinski definition) is 1. The average molecular weight is 313 g/mol. The van der Waals surface area contributed by atoms with Gasteiger partial charge in [0.1, 0.15) is 0 Å². The zero-order valence-electron chi connectivity index (χ0n) is 12.7. The number of unbranched alkanes of at least 4 members (excludes halogenated alkanes) is 6. The topological polar surface area (TPSA) is 69.4 Å². The summed E-state index contributed by atoms with van der Waals surface area (Å²) in [6.07, 6.45) is 7.31. The molecule has 1 aromatic rings. The van der Waals surface area contributed by atoms with Crippen molar-refractivity contribution in [2.75, 3.05) is 12.4 Å². The molecule has 0 bridgehead atoms. The lowest BCUT2D eigenvalue weighted by Crippen LogP contribution is -2.16. The van der Waals surface area contributed by atoms with Crippen LogP contribution >= 0.6 is 0 Å². The maximum absolute atomic E-state index is 10.7. The SMILES string of the molecule is NS(=O)(=O)CCCCCCCCCOCc1ccccc1. The van der Waals surface area contributed by atoms with Crippen molar-refractivity contribution in [3.63, 3.8) is 0 Å². The van der Waals surface area contributed by atoms with Crippen molar-refractivity contribution in [2.45, 2.75) is 51.6 Å². The maximum Gasteiger partial charge on any atom is 0.209 e. The van der Waals surface area contributed by atoms with Crippen LogP contribution in [0.5, 0.6) is 0 Å². The summed E-state index contributed by atoms with van der Waals surface area (Å²) < 4.78 is 27.1. The van der Waals surface area contributed by atoms with Crippen molar-refractivity contribution in [2.24, 2.45) is 5.14 Å². The first kappa shape index (κ1) is 18.1. The maximum atomic E-state index is 10.7. The third-order valence-electron chi connectivity index (χ3n) is 3.33. The molecule has 0 saturated carbocycles. The van der Waals surface area contributed by atoms with Crippen LogP contribution in [-0.4, -0.2) is 20.8 Å². The van der Waals surface area contributed by atoms with Crippen molar-refractivity contribution >= 4 is 10.0 Å². The van der Waals surface area contributed by atoms with E-state index in [-0.39, 0.29) is 5.75 Å². The molecule has 0 radical (unpaired) electrons. The second-order valence-electron chi connectivity index (χ2n) is 5.38. The van der Waals surface area contributed by atoms with Gasteiger partial charge in [0.05, 0.1) is 12.4 Å². The number of rotatable bonds is 12. The summed E-state index contributed by atoms with van der Waals surface area (Å²) in [5.74, 6) is 0.111. The summed E-state index contributed by atoms with van der Waals surface area (Å²) in [7, 11) is -3.27. The Kier molecular flexibility index (Phi) is 9.30. The fourth-order valence-electron chi connectivity index (χ4n) is 2.16. The predicted octanol–water partition coefficient (Wildman–Crippen LogP) is 3.22. The highest BCUT2D eigenvalue weighted by Gasteiger charge is 2.01. The van der Waals surface area contributed by atoms with Gasteiger partial charge in [0.2, 0.25) is 10.0 Å². The van der Waals surface area contributed by atoms with E-state index in [1.807, 2.05) is 18.2 Å². The number of hydrogen-bond acceptors (Lipinski definition) is 3. The highest BCUT2D eigenvalue weighted by Crippen LogP contribution is 2.08. The smallest absolute Gasteiger partial charge is 0.209 e. The van der Waals surface area contributed by atoms with Crippen molar-refractivity contribution < 1.29 is 13.2 Å². The van der Waals surface area contributed by atoms with Gasteiger partial charge in [-0.2, -0.15) is 0 Å². The van der Waals surface area contributed by atoms with Gasteiger partial charge in [-0.3, -0.25) is 0 Å². The summed E-state index contributed by atoms with van der Waals surface area (Å²) in [5.41, 5.74) is 1.22. The van der Waals surface area contributed by atoms with Crippen LogP contribution in [0.25, 0.3) is 0 Å². The van der Waals surface area contributed by atoms with Crippen LogP contribution in [0, 0.1) is 0 Å². The van der Waals surface area contributed by atoms with E-state index in [4.69, 9.17) is 9.88 Å². The Morgan fingerprint density at radius 1 is 0.857 bits per heavy atom. The molecule has 2 N–H and O–H groups in total. The zero-order chi connectivity index (χ0) is 15.4. The second-order valence-corrected chi connectivity index (χ2v) is 7.11. The molecule has 0 atom stereocenters. The summed E-state index contributed by atoms with van der Waals surface area (Å²) in [5, 5.41) is 4.94. The molecule has 0 aliphatic carbocycles. The number of ether oxygens (including phenoxy) is 1. The first-order chi connectivity index (χ1) is 10.1.